The Bertz CT molecular complexity index is 731. The first-order valence-corrected chi connectivity index (χ1v) is 8.37. The van der Waals surface area contributed by atoms with Gasteiger partial charge >= 0.3 is 0 Å². The van der Waals surface area contributed by atoms with Gasteiger partial charge in [0.1, 0.15) is 0 Å². The molecule has 1 fully saturated rings. The van der Waals surface area contributed by atoms with Crippen LogP contribution in [0.4, 0.5) is 0 Å². The number of hydrogen-bond acceptors (Lipinski definition) is 4. The molecular weight excluding hydrogens is 306 g/mol. The van der Waals surface area contributed by atoms with Gasteiger partial charge in [-0.25, -0.2) is 0 Å². The minimum Gasteiger partial charge on any atom is -0.337 e. The average Bonchev–Trinajstić information content (AvgIpc) is 2.92. The second-order valence-electron chi connectivity index (χ2n) is 6.07. The van der Waals surface area contributed by atoms with Gasteiger partial charge < -0.3 is 9.88 Å². The van der Waals surface area contributed by atoms with Crippen LogP contribution in [0.3, 0.4) is 0 Å². The smallest absolute Gasteiger partial charge is 0.255 e. The minimum atomic E-state index is -0.193. The first kappa shape index (κ1) is 16.4. The number of H-pyrrole nitrogens is 1. The van der Waals surface area contributed by atoms with Gasteiger partial charge in [0, 0.05) is 63.3 Å². The van der Waals surface area contributed by atoms with E-state index in [2.05, 4.69) is 28.1 Å². The van der Waals surface area contributed by atoms with Crippen molar-refractivity contribution in [1.82, 2.24) is 24.6 Å². The van der Waals surface area contributed by atoms with E-state index in [1.165, 1.54) is 17.8 Å². The number of hydrogen-bond donors (Lipinski definition) is 1. The van der Waals surface area contributed by atoms with Crippen molar-refractivity contribution in [3.8, 4) is 0 Å². The first-order valence-electron chi connectivity index (χ1n) is 8.37. The zero-order valence-corrected chi connectivity index (χ0v) is 13.9. The van der Waals surface area contributed by atoms with Gasteiger partial charge in [-0.1, -0.05) is 0 Å². The summed E-state index contributed by atoms with van der Waals surface area (Å²) >= 11 is 0. The predicted molar refractivity (Wildman–Crippen MR) is 90.8 cm³/mol. The molecule has 1 N–H and O–H groups in total. The third-order valence-electron chi connectivity index (χ3n) is 4.32. The van der Waals surface area contributed by atoms with E-state index < -0.39 is 0 Å². The molecule has 0 aromatic carbocycles. The normalized spacial score (nSPS) is 16.1. The quantitative estimate of drug-likeness (QED) is 0.906. The largest absolute Gasteiger partial charge is 0.337 e. The SMILES string of the molecule is CCn1cc(CN2CCCN(C(=O)c3ccc(=O)[nH]c3)CC2)cn1. The van der Waals surface area contributed by atoms with Gasteiger partial charge in [-0.2, -0.15) is 5.10 Å². The van der Waals surface area contributed by atoms with Crippen molar-refractivity contribution >= 4 is 5.91 Å². The molecule has 0 unspecified atom stereocenters. The van der Waals surface area contributed by atoms with E-state index in [1.54, 1.807) is 6.07 Å². The maximum atomic E-state index is 12.5. The fourth-order valence-electron chi connectivity index (χ4n) is 2.98. The van der Waals surface area contributed by atoms with Crippen molar-refractivity contribution in [2.24, 2.45) is 0 Å². The lowest BCUT2D eigenvalue weighted by atomic mass is 10.2. The molecule has 0 saturated carbocycles. The lowest BCUT2D eigenvalue weighted by Gasteiger charge is -2.21. The Kier molecular flexibility index (Phi) is 5.10. The van der Waals surface area contributed by atoms with Crippen LogP contribution in [0.1, 0.15) is 29.3 Å². The van der Waals surface area contributed by atoms with Gasteiger partial charge in [0.15, 0.2) is 0 Å². The number of carbonyl (C=O) groups is 1. The highest BCUT2D eigenvalue weighted by molar-refractivity contribution is 5.93. The van der Waals surface area contributed by atoms with Crippen LogP contribution in [0.15, 0.2) is 35.5 Å². The molecule has 3 rings (SSSR count). The monoisotopic (exact) mass is 329 g/mol. The second kappa shape index (κ2) is 7.44. The first-order chi connectivity index (χ1) is 11.7. The average molecular weight is 329 g/mol. The Hall–Kier alpha value is -2.41. The number of carbonyl (C=O) groups excluding carboxylic acids is 1. The predicted octanol–water partition coefficient (Wildman–Crippen LogP) is 0.939. The van der Waals surface area contributed by atoms with Crippen LogP contribution in [-0.2, 0) is 13.1 Å². The summed E-state index contributed by atoms with van der Waals surface area (Å²) < 4.78 is 1.93. The topological polar surface area (TPSA) is 74.2 Å². The van der Waals surface area contributed by atoms with Crippen molar-refractivity contribution < 1.29 is 4.79 Å². The molecule has 0 bridgehead atoms. The summed E-state index contributed by atoms with van der Waals surface area (Å²) in [6, 6.07) is 2.98. The van der Waals surface area contributed by atoms with E-state index in [-0.39, 0.29) is 11.5 Å². The number of amides is 1. The molecule has 1 aliphatic rings. The summed E-state index contributed by atoms with van der Waals surface area (Å²) in [6.45, 7) is 7.05. The zero-order valence-electron chi connectivity index (χ0n) is 13.9. The van der Waals surface area contributed by atoms with E-state index in [4.69, 9.17) is 0 Å². The van der Waals surface area contributed by atoms with E-state index in [1.807, 2.05) is 15.8 Å². The minimum absolute atomic E-state index is 0.0214. The standard InChI is InChI=1S/C17H23N5O2/c1-2-22-13-14(10-19-22)12-20-6-3-7-21(9-8-20)17(24)15-4-5-16(23)18-11-15/h4-5,10-11,13H,2-3,6-9,12H2,1H3,(H,18,23). The number of nitrogens with one attached hydrogen (secondary N) is 1. The molecule has 1 aliphatic heterocycles. The molecule has 0 radical (unpaired) electrons. The molecule has 0 aliphatic carbocycles. The van der Waals surface area contributed by atoms with Gasteiger partial charge in [0.05, 0.1) is 11.8 Å². The number of nitrogens with zero attached hydrogens (tertiary/aromatic N) is 4. The molecule has 0 atom stereocenters. The Morgan fingerprint density at radius 2 is 2.12 bits per heavy atom. The Morgan fingerprint density at radius 1 is 1.25 bits per heavy atom. The Balaban J connectivity index is 1.59. The summed E-state index contributed by atoms with van der Waals surface area (Å²) in [7, 11) is 0. The van der Waals surface area contributed by atoms with Crippen LogP contribution in [0, 0.1) is 0 Å². The number of pyridine rings is 1. The van der Waals surface area contributed by atoms with E-state index >= 15 is 0 Å². The number of aromatic nitrogens is 3. The summed E-state index contributed by atoms with van der Waals surface area (Å²) in [4.78, 5) is 30.4. The fraction of sp³-hybridized carbons (Fsp3) is 0.471. The zero-order chi connectivity index (χ0) is 16.9. The summed E-state index contributed by atoms with van der Waals surface area (Å²) in [5.74, 6) is -0.0214. The number of rotatable bonds is 4. The maximum absolute atomic E-state index is 12.5. The molecule has 0 spiro atoms. The lowest BCUT2D eigenvalue weighted by Crippen LogP contribution is -2.35. The van der Waals surface area contributed by atoms with Crippen LogP contribution in [0.2, 0.25) is 0 Å². The van der Waals surface area contributed by atoms with Gasteiger partial charge in [0.2, 0.25) is 5.56 Å². The van der Waals surface area contributed by atoms with Crippen molar-refractivity contribution in [1.29, 1.82) is 0 Å². The van der Waals surface area contributed by atoms with E-state index in [0.717, 1.165) is 39.1 Å². The Morgan fingerprint density at radius 3 is 2.83 bits per heavy atom. The van der Waals surface area contributed by atoms with Crippen LogP contribution in [-0.4, -0.2) is 56.7 Å². The molecule has 128 valence electrons. The van der Waals surface area contributed by atoms with E-state index in [9.17, 15) is 9.59 Å². The molecular formula is C17H23N5O2. The van der Waals surface area contributed by atoms with Crippen molar-refractivity contribution in [3.05, 3.63) is 52.2 Å². The lowest BCUT2D eigenvalue weighted by molar-refractivity contribution is 0.0760. The van der Waals surface area contributed by atoms with Crippen LogP contribution in [0.25, 0.3) is 0 Å². The van der Waals surface area contributed by atoms with Crippen molar-refractivity contribution in [3.63, 3.8) is 0 Å². The molecule has 1 amide bonds. The second-order valence-corrected chi connectivity index (χ2v) is 6.07. The highest BCUT2D eigenvalue weighted by atomic mass is 16.2. The fourth-order valence-corrected chi connectivity index (χ4v) is 2.98. The van der Waals surface area contributed by atoms with E-state index in [0.29, 0.717) is 12.1 Å². The summed E-state index contributed by atoms with van der Waals surface area (Å²) in [5, 5.41) is 4.31. The van der Waals surface area contributed by atoms with Crippen LogP contribution >= 0.6 is 0 Å². The van der Waals surface area contributed by atoms with Gasteiger partial charge in [-0.05, 0) is 19.4 Å². The number of aryl methyl sites for hydroxylation is 1. The summed E-state index contributed by atoms with van der Waals surface area (Å²) in [6.07, 6.45) is 6.43. The third-order valence-corrected chi connectivity index (χ3v) is 4.32. The van der Waals surface area contributed by atoms with Crippen LogP contribution < -0.4 is 5.56 Å². The summed E-state index contributed by atoms with van der Waals surface area (Å²) in [5.41, 5.74) is 1.55. The molecule has 2 aromatic rings. The highest BCUT2D eigenvalue weighted by Gasteiger charge is 2.20. The number of aromatic amines is 1. The molecule has 7 nitrogen and oxygen atoms in total. The van der Waals surface area contributed by atoms with Gasteiger partial charge in [0.25, 0.3) is 5.91 Å². The molecule has 24 heavy (non-hydrogen) atoms. The van der Waals surface area contributed by atoms with Gasteiger partial charge in [-0.3, -0.25) is 19.2 Å². The molecule has 3 heterocycles. The third kappa shape index (κ3) is 3.91. The highest BCUT2D eigenvalue weighted by Crippen LogP contribution is 2.11. The molecule has 7 heteroatoms. The van der Waals surface area contributed by atoms with Crippen LogP contribution in [0.5, 0.6) is 0 Å². The Labute approximate surface area is 140 Å². The van der Waals surface area contributed by atoms with Crippen molar-refractivity contribution in [2.75, 3.05) is 26.2 Å². The molecule has 2 aromatic heterocycles. The van der Waals surface area contributed by atoms with Gasteiger partial charge in [-0.15, -0.1) is 0 Å². The molecule has 1 saturated heterocycles. The van der Waals surface area contributed by atoms with Crippen molar-refractivity contribution in [2.45, 2.75) is 26.4 Å². The maximum Gasteiger partial charge on any atom is 0.255 e.